The monoisotopic (exact) mass is 381 g/mol. The van der Waals surface area contributed by atoms with Gasteiger partial charge in [-0.3, -0.25) is 4.79 Å². The molecule has 1 aromatic heterocycles. The molecule has 5 rings (SSSR count). The van der Waals surface area contributed by atoms with Crippen molar-refractivity contribution in [2.45, 2.75) is 17.9 Å². The van der Waals surface area contributed by atoms with Crippen LogP contribution in [0, 0.1) is 0 Å². The van der Waals surface area contributed by atoms with E-state index in [0.29, 0.717) is 18.8 Å². The quantitative estimate of drug-likeness (QED) is 0.690. The van der Waals surface area contributed by atoms with Crippen LogP contribution in [0.5, 0.6) is 0 Å². The number of nitrogens with one attached hydrogen (secondary N) is 1. The van der Waals surface area contributed by atoms with Gasteiger partial charge in [-0.2, -0.15) is 9.67 Å². The molecule has 0 fully saturated rings. The molecule has 0 saturated heterocycles. The largest absolute Gasteiger partial charge is 0.331 e. The summed E-state index contributed by atoms with van der Waals surface area (Å²) >= 11 is 0. The summed E-state index contributed by atoms with van der Waals surface area (Å²) < 4.78 is 28.5. The zero-order valence-corrected chi connectivity index (χ0v) is 15.0. The van der Waals surface area contributed by atoms with Crippen molar-refractivity contribution < 1.29 is 13.2 Å². The van der Waals surface area contributed by atoms with Crippen LogP contribution in [0.3, 0.4) is 0 Å². The summed E-state index contributed by atoms with van der Waals surface area (Å²) in [5, 5.41) is 4.28. The van der Waals surface area contributed by atoms with E-state index in [2.05, 4.69) is 20.9 Å². The van der Waals surface area contributed by atoms with Crippen LogP contribution in [-0.4, -0.2) is 40.5 Å². The predicted molar refractivity (Wildman–Crippen MR) is 97.1 cm³/mol. The molecule has 0 saturated carbocycles. The summed E-state index contributed by atoms with van der Waals surface area (Å²) in [6.45, 7) is 1.06. The maximum absolute atomic E-state index is 12.9. The van der Waals surface area contributed by atoms with Crippen molar-refractivity contribution in [2.24, 2.45) is 0 Å². The van der Waals surface area contributed by atoms with Crippen molar-refractivity contribution in [3.63, 3.8) is 0 Å². The number of para-hydroxylation sites is 1. The van der Waals surface area contributed by atoms with Gasteiger partial charge < -0.3 is 4.90 Å². The molecule has 2 aliphatic rings. The third kappa shape index (κ3) is 2.50. The van der Waals surface area contributed by atoms with E-state index in [1.54, 1.807) is 23.1 Å². The lowest BCUT2D eigenvalue weighted by molar-refractivity contribution is 0.0722. The van der Waals surface area contributed by atoms with E-state index in [4.69, 9.17) is 0 Å². The van der Waals surface area contributed by atoms with Gasteiger partial charge in [-0.25, -0.2) is 13.1 Å². The van der Waals surface area contributed by atoms with Crippen LogP contribution < -0.4 is 4.72 Å². The third-order valence-corrected chi connectivity index (χ3v) is 6.20. The molecular formula is C18H15N5O3S. The Morgan fingerprint density at radius 1 is 1.04 bits per heavy atom. The number of fused-ring (bicyclic) bond motifs is 4. The van der Waals surface area contributed by atoms with Crippen molar-refractivity contribution in [2.75, 3.05) is 11.3 Å². The molecule has 2 aliphatic heterocycles. The van der Waals surface area contributed by atoms with Crippen molar-refractivity contribution in [3.05, 3.63) is 65.5 Å². The lowest BCUT2D eigenvalue weighted by Gasteiger charge is -2.27. The minimum Gasteiger partial charge on any atom is -0.331 e. The molecule has 8 nitrogen and oxygen atoms in total. The summed E-state index contributed by atoms with van der Waals surface area (Å²) in [6, 6.07) is 14.5. The Morgan fingerprint density at radius 2 is 1.78 bits per heavy atom. The lowest BCUT2D eigenvalue weighted by atomic mass is 10.00. The van der Waals surface area contributed by atoms with Crippen LogP contribution in [0.15, 0.2) is 53.4 Å². The normalized spacial score (nSPS) is 16.7. The minimum absolute atomic E-state index is 0.0226. The first-order valence-electron chi connectivity index (χ1n) is 8.48. The number of hydrogen-bond donors (Lipinski definition) is 1. The number of aromatic nitrogens is 3. The molecule has 27 heavy (non-hydrogen) atoms. The van der Waals surface area contributed by atoms with Gasteiger partial charge in [0.05, 0.1) is 5.69 Å². The second-order valence-corrected chi connectivity index (χ2v) is 8.14. The number of amides is 1. The summed E-state index contributed by atoms with van der Waals surface area (Å²) in [5.41, 5.74) is 2.72. The van der Waals surface area contributed by atoms with Crippen molar-refractivity contribution >= 4 is 21.9 Å². The standard InChI is InChI=1S/C18H15N5O3S/c24-17(22-10-9-12-5-1-2-6-13(12)11-22)16-19-18-21-27(25,26)15-8-4-3-7-14(15)23(18)20-16/h1-8H,9-11H2,(H,19,20,21). The number of sulfonamides is 1. The fourth-order valence-electron chi connectivity index (χ4n) is 3.48. The van der Waals surface area contributed by atoms with E-state index in [-0.39, 0.29) is 22.6 Å². The summed E-state index contributed by atoms with van der Waals surface area (Å²) in [7, 11) is -3.73. The van der Waals surface area contributed by atoms with Crippen molar-refractivity contribution in [1.82, 2.24) is 19.7 Å². The first-order chi connectivity index (χ1) is 13.0. The van der Waals surface area contributed by atoms with E-state index in [9.17, 15) is 13.2 Å². The predicted octanol–water partition coefficient (Wildman–Crippen LogP) is 1.58. The Labute approximate surface area is 155 Å². The van der Waals surface area contributed by atoms with Crippen molar-refractivity contribution in [3.8, 4) is 5.69 Å². The molecule has 0 spiro atoms. The van der Waals surface area contributed by atoms with E-state index in [1.807, 2.05) is 18.2 Å². The van der Waals surface area contributed by atoms with Gasteiger partial charge in [0.2, 0.25) is 11.8 Å². The zero-order valence-electron chi connectivity index (χ0n) is 14.2. The SMILES string of the molecule is O=C(c1nc2n(n1)-c1ccccc1S(=O)(=O)N2)N1CCc2ccccc2C1. The average Bonchev–Trinajstić information content (AvgIpc) is 3.10. The maximum Gasteiger partial charge on any atom is 0.293 e. The summed E-state index contributed by atoms with van der Waals surface area (Å²) in [5.74, 6) is -0.318. The van der Waals surface area contributed by atoms with E-state index in [0.717, 1.165) is 12.0 Å². The van der Waals surface area contributed by atoms with Crippen LogP contribution >= 0.6 is 0 Å². The van der Waals surface area contributed by atoms with Gasteiger partial charge in [0, 0.05) is 13.1 Å². The number of carbonyl (C=O) groups is 1. The van der Waals surface area contributed by atoms with E-state index >= 15 is 0 Å². The maximum atomic E-state index is 12.9. The number of anilines is 1. The smallest absolute Gasteiger partial charge is 0.293 e. The molecule has 136 valence electrons. The van der Waals surface area contributed by atoms with Gasteiger partial charge in [0.15, 0.2) is 0 Å². The second-order valence-electron chi connectivity index (χ2n) is 6.49. The number of rotatable bonds is 1. The first kappa shape index (κ1) is 16.0. The Morgan fingerprint density at radius 3 is 2.63 bits per heavy atom. The molecule has 0 radical (unpaired) electrons. The second kappa shape index (κ2) is 5.65. The molecule has 1 N–H and O–H groups in total. The van der Waals surface area contributed by atoms with Gasteiger partial charge in [0.1, 0.15) is 4.90 Å². The minimum atomic E-state index is -3.73. The molecule has 9 heteroatoms. The molecule has 0 atom stereocenters. The molecular weight excluding hydrogens is 366 g/mol. The summed E-state index contributed by atoms with van der Waals surface area (Å²) in [4.78, 5) is 18.8. The Hall–Kier alpha value is -3.20. The van der Waals surface area contributed by atoms with Gasteiger partial charge in [-0.15, -0.1) is 5.10 Å². The van der Waals surface area contributed by atoms with Crippen molar-refractivity contribution in [1.29, 1.82) is 0 Å². The Bertz CT molecular complexity index is 1190. The molecule has 0 aliphatic carbocycles. The highest BCUT2D eigenvalue weighted by Crippen LogP contribution is 2.29. The zero-order chi connectivity index (χ0) is 18.6. The number of carbonyl (C=O) groups excluding carboxylic acids is 1. The van der Waals surface area contributed by atoms with Crippen LogP contribution in [0.2, 0.25) is 0 Å². The first-order valence-corrected chi connectivity index (χ1v) is 9.96. The van der Waals surface area contributed by atoms with Gasteiger partial charge in [-0.1, -0.05) is 36.4 Å². The van der Waals surface area contributed by atoms with Gasteiger partial charge in [0.25, 0.3) is 15.9 Å². The third-order valence-electron chi connectivity index (χ3n) is 4.82. The van der Waals surface area contributed by atoms with E-state index in [1.165, 1.54) is 16.3 Å². The molecule has 3 heterocycles. The molecule has 0 unspecified atom stereocenters. The van der Waals surface area contributed by atoms with Crippen LogP contribution in [0.4, 0.5) is 5.95 Å². The number of nitrogens with zero attached hydrogens (tertiary/aromatic N) is 4. The van der Waals surface area contributed by atoms with E-state index < -0.39 is 10.0 Å². The molecule has 2 aromatic carbocycles. The highest BCUT2D eigenvalue weighted by atomic mass is 32.2. The lowest BCUT2D eigenvalue weighted by Crippen LogP contribution is -2.36. The Balaban J connectivity index is 1.51. The highest BCUT2D eigenvalue weighted by molar-refractivity contribution is 7.92. The van der Waals surface area contributed by atoms with Crippen LogP contribution in [-0.2, 0) is 23.0 Å². The fourth-order valence-corrected chi connectivity index (χ4v) is 4.65. The molecule has 0 bridgehead atoms. The Kier molecular flexibility index (Phi) is 3.35. The number of benzene rings is 2. The topological polar surface area (TPSA) is 97.2 Å². The molecule has 3 aromatic rings. The highest BCUT2D eigenvalue weighted by Gasteiger charge is 2.32. The summed E-state index contributed by atoms with van der Waals surface area (Å²) in [6.07, 6.45) is 0.769. The average molecular weight is 381 g/mol. The fraction of sp³-hybridized carbons (Fsp3) is 0.167. The molecule has 1 amide bonds. The van der Waals surface area contributed by atoms with Crippen LogP contribution in [0.1, 0.15) is 21.7 Å². The van der Waals surface area contributed by atoms with Gasteiger partial charge in [-0.05, 0) is 29.7 Å². The van der Waals surface area contributed by atoms with Gasteiger partial charge >= 0.3 is 0 Å². The number of hydrogen-bond acceptors (Lipinski definition) is 5. The van der Waals surface area contributed by atoms with Crippen LogP contribution in [0.25, 0.3) is 5.69 Å².